The van der Waals surface area contributed by atoms with Gasteiger partial charge in [-0.3, -0.25) is 0 Å². The second kappa shape index (κ2) is 5.83. The molecule has 0 spiro atoms. The number of aliphatic hydroxyl groups is 2. The Morgan fingerprint density at radius 3 is 1.80 bits per heavy atom. The summed E-state index contributed by atoms with van der Waals surface area (Å²) in [5, 5.41) is 17.5. The van der Waals surface area contributed by atoms with Gasteiger partial charge in [0.05, 0.1) is 6.10 Å². The maximum Gasteiger partial charge on any atom is 0.266 e. The third-order valence-electron chi connectivity index (χ3n) is 3.76. The average molecular weight is 216 g/mol. The van der Waals surface area contributed by atoms with Crippen LogP contribution in [0.3, 0.4) is 0 Å². The lowest BCUT2D eigenvalue weighted by atomic mass is 9.75. The summed E-state index contributed by atoms with van der Waals surface area (Å²) in [5.41, 5.74) is 0. The normalized spacial score (nSPS) is 29.8. The van der Waals surface area contributed by atoms with Gasteiger partial charge in [0.2, 0.25) is 0 Å². The molecule has 0 radical (unpaired) electrons. The highest BCUT2D eigenvalue weighted by molar-refractivity contribution is 4.77. The predicted octanol–water partition coefficient (Wildman–Crippen LogP) is 2.12. The minimum Gasteiger partial charge on any atom is -0.346 e. The summed E-state index contributed by atoms with van der Waals surface area (Å²) in [7, 11) is 0. The van der Waals surface area contributed by atoms with E-state index in [4.69, 9.17) is 14.9 Å². The van der Waals surface area contributed by atoms with Crippen LogP contribution in [0, 0.1) is 17.8 Å². The molecule has 0 aromatic rings. The van der Waals surface area contributed by atoms with E-state index in [-0.39, 0.29) is 6.10 Å². The van der Waals surface area contributed by atoms with Crippen LogP contribution in [0.5, 0.6) is 0 Å². The molecule has 1 unspecified atom stereocenters. The average Bonchev–Trinajstić information content (AvgIpc) is 2.17. The molecule has 3 nitrogen and oxygen atoms in total. The van der Waals surface area contributed by atoms with Crippen molar-refractivity contribution in [2.24, 2.45) is 17.8 Å². The van der Waals surface area contributed by atoms with Gasteiger partial charge in [-0.15, -0.1) is 0 Å². The Hall–Kier alpha value is -0.120. The summed E-state index contributed by atoms with van der Waals surface area (Å²) in [6, 6.07) is 0. The topological polar surface area (TPSA) is 49.7 Å². The van der Waals surface area contributed by atoms with E-state index in [1.54, 1.807) is 0 Å². The van der Waals surface area contributed by atoms with Gasteiger partial charge < -0.3 is 14.9 Å². The highest BCUT2D eigenvalue weighted by atomic mass is 16.7. The molecule has 1 atom stereocenters. The summed E-state index contributed by atoms with van der Waals surface area (Å²) < 4.78 is 5.00. The predicted molar refractivity (Wildman–Crippen MR) is 59.1 cm³/mol. The first kappa shape index (κ1) is 12.9. The third kappa shape index (κ3) is 4.09. The molecule has 0 saturated heterocycles. The number of aliphatic hydroxyl groups excluding tert-OH is 1. The van der Waals surface area contributed by atoms with E-state index < -0.39 is 6.48 Å². The standard InChI is InChI=1S/C12H24O3/c1-8(2)10-4-6-11(7-5-10)9(3)15-12(13)14/h8-14H,4-7H2,1-3H3. The van der Waals surface area contributed by atoms with Gasteiger partial charge in [-0.1, -0.05) is 13.8 Å². The SMILES string of the molecule is CC(C)C1CCC(C(C)OC(O)O)CC1. The van der Waals surface area contributed by atoms with Gasteiger partial charge in [0.1, 0.15) is 0 Å². The number of hydrogen-bond donors (Lipinski definition) is 2. The second-order valence-corrected chi connectivity index (χ2v) is 5.09. The fraction of sp³-hybridized carbons (Fsp3) is 1.00. The lowest BCUT2D eigenvalue weighted by molar-refractivity contribution is -0.262. The molecule has 0 heterocycles. The maximum absolute atomic E-state index is 8.73. The lowest BCUT2D eigenvalue weighted by Gasteiger charge is -2.34. The molecule has 1 aliphatic carbocycles. The minimum absolute atomic E-state index is 0.0434. The maximum atomic E-state index is 8.73. The number of hydrogen-bond acceptors (Lipinski definition) is 3. The van der Waals surface area contributed by atoms with Gasteiger partial charge in [0.15, 0.2) is 0 Å². The smallest absolute Gasteiger partial charge is 0.266 e. The lowest BCUT2D eigenvalue weighted by Crippen LogP contribution is -2.30. The summed E-state index contributed by atoms with van der Waals surface area (Å²) in [4.78, 5) is 0. The summed E-state index contributed by atoms with van der Waals surface area (Å²) in [6.45, 7) is 4.87. The van der Waals surface area contributed by atoms with Crippen LogP contribution in [0.25, 0.3) is 0 Å². The van der Waals surface area contributed by atoms with E-state index in [2.05, 4.69) is 13.8 Å². The van der Waals surface area contributed by atoms with E-state index >= 15 is 0 Å². The van der Waals surface area contributed by atoms with Crippen molar-refractivity contribution in [2.45, 2.75) is 59.0 Å². The Kier molecular flexibility index (Phi) is 5.03. The van der Waals surface area contributed by atoms with Gasteiger partial charge in [-0.05, 0) is 50.4 Å². The van der Waals surface area contributed by atoms with Gasteiger partial charge >= 0.3 is 0 Å². The Labute approximate surface area is 92.4 Å². The third-order valence-corrected chi connectivity index (χ3v) is 3.76. The van der Waals surface area contributed by atoms with Crippen LogP contribution >= 0.6 is 0 Å². The monoisotopic (exact) mass is 216 g/mol. The fourth-order valence-corrected chi connectivity index (χ4v) is 2.58. The van der Waals surface area contributed by atoms with Gasteiger partial charge in [-0.2, -0.15) is 0 Å². The minimum atomic E-state index is -1.62. The van der Waals surface area contributed by atoms with Crippen molar-refractivity contribution in [1.29, 1.82) is 0 Å². The number of ether oxygens (including phenoxy) is 1. The zero-order valence-corrected chi connectivity index (χ0v) is 10.0. The summed E-state index contributed by atoms with van der Waals surface area (Å²) in [6.07, 6.45) is 4.75. The first-order chi connectivity index (χ1) is 7.00. The van der Waals surface area contributed by atoms with Gasteiger partial charge in [-0.25, -0.2) is 0 Å². The molecule has 0 aromatic carbocycles. The zero-order valence-electron chi connectivity index (χ0n) is 10.0. The van der Waals surface area contributed by atoms with E-state index in [9.17, 15) is 0 Å². The number of rotatable bonds is 4. The van der Waals surface area contributed by atoms with Gasteiger partial charge in [0.25, 0.3) is 6.48 Å². The second-order valence-electron chi connectivity index (χ2n) is 5.09. The molecule has 2 N–H and O–H groups in total. The molecule has 3 heteroatoms. The first-order valence-corrected chi connectivity index (χ1v) is 6.02. The van der Waals surface area contributed by atoms with Crippen molar-refractivity contribution < 1.29 is 14.9 Å². The molecule has 0 aliphatic heterocycles. The highest BCUT2D eigenvalue weighted by Gasteiger charge is 2.27. The quantitative estimate of drug-likeness (QED) is 0.708. The largest absolute Gasteiger partial charge is 0.346 e. The van der Waals surface area contributed by atoms with Crippen molar-refractivity contribution >= 4 is 0 Å². The molecular weight excluding hydrogens is 192 g/mol. The van der Waals surface area contributed by atoms with Crippen molar-refractivity contribution in [3.63, 3.8) is 0 Å². The van der Waals surface area contributed by atoms with E-state index in [0.29, 0.717) is 5.92 Å². The summed E-state index contributed by atoms with van der Waals surface area (Å²) in [5.74, 6) is 2.10. The van der Waals surface area contributed by atoms with E-state index in [1.165, 1.54) is 12.8 Å². The molecule has 0 amide bonds. The van der Waals surface area contributed by atoms with Crippen LogP contribution in [-0.4, -0.2) is 22.8 Å². The Balaban J connectivity index is 2.30. The van der Waals surface area contributed by atoms with Gasteiger partial charge in [0, 0.05) is 0 Å². The molecule has 0 aromatic heterocycles. The van der Waals surface area contributed by atoms with Crippen LogP contribution in [-0.2, 0) is 4.74 Å². The molecule has 0 bridgehead atoms. The highest BCUT2D eigenvalue weighted by Crippen LogP contribution is 2.35. The molecule has 90 valence electrons. The molecule has 15 heavy (non-hydrogen) atoms. The van der Waals surface area contributed by atoms with Crippen LogP contribution in [0.1, 0.15) is 46.5 Å². The Bertz CT molecular complexity index is 172. The van der Waals surface area contributed by atoms with E-state index in [0.717, 1.165) is 24.7 Å². The van der Waals surface area contributed by atoms with Crippen LogP contribution < -0.4 is 0 Å². The van der Waals surface area contributed by atoms with Crippen LogP contribution in [0.2, 0.25) is 0 Å². The van der Waals surface area contributed by atoms with Crippen molar-refractivity contribution in [1.82, 2.24) is 0 Å². The zero-order chi connectivity index (χ0) is 11.4. The van der Waals surface area contributed by atoms with Crippen LogP contribution in [0.4, 0.5) is 0 Å². The van der Waals surface area contributed by atoms with Crippen LogP contribution in [0.15, 0.2) is 0 Å². The molecule has 1 fully saturated rings. The molecule has 1 rings (SSSR count). The first-order valence-electron chi connectivity index (χ1n) is 6.02. The Morgan fingerprint density at radius 2 is 1.40 bits per heavy atom. The molecular formula is C12H24O3. The van der Waals surface area contributed by atoms with Crippen molar-refractivity contribution in [3.8, 4) is 0 Å². The van der Waals surface area contributed by atoms with Crippen molar-refractivity contribution in [2.75, 3.05) is 0 Å². The Morgan fingerprint density at radius 1 is 0.933 bits per heavy atom. The van der Waals surface area contributed by atoms with E-state index in [1.807, 2.05) is 6.92 Å². The summed E-state index contributed by atoms with van der Waals surface area (Å²) >= 11 is 0. The van der Waals surface area contributed by atoms with Crippen molar-refractivity contribution in [3.05, 3.63) is 0 Å². The molecule has 1 saturated carbocycles. The molecule has 1 aliphatic rings. The fourth-order valence-electron chi connectivity index (χ4n) is 2.58.